The first kappa shape index (κ1) is 13.5. The summed E-state index contributed by atoms with van der Waals surface area (Å²) < 4.78 is 5.11. The van der Waals surface area contributed by atoms with Gasteiger partial charge in [0.15, 0.2) is 5.96 Å². The molecule has 0 unspecified atom stereocenters. The summed E-state index contributed by atoms with van der Waals surface area (Å²) in [7, 11) is 0. The van der Waals surface area contributed by atoms with Crippen molar-refractivity contribution in [3.63, 3.8) is 0 Å². The molecule has 0 atom stereocenters. The van der Waals surface area contributed by atoms with Crippen LogP contribution in [0.4, 0.5) is 0 Å². The Morgan fingerprint density at radius 3 is 2.59 bits per heavy atom. The van der Waals surface area contributed by atoms with E-state index in [9.17, 15) is 0 Å². The highest BCUT2D eigenvalue weighted by atomic mass is 16.5. The Hall–Kier alpha value is -1.52. The van der Waals surface area contributed by atoms with Crippen LogP contribution in [0, 0.1) is 13.8 Å². The number of rotatable bonds is 4. The fourth-order valence-corrected chi connectivity index (χ4v) is 1.48. The molecule has 1 aromatic heterocycles. The van der Waals surface area contributed by atoms with E-state index in [0.29, 0.717) is 12.6 Å². The van der Waals surface area contributed by atoms with Gasteiger partial charge in [-0.2, -0.15) is 0 Å². The van der Waals surface area contributed by atoms with E-state index in [1.165, 1.54) is 0 Å². The Morgan fingerprint density at radius 1 is 1.41 bits per heavy atom. The molecule has 96 valence electrons. The maximum Gasteiger partial charge on any atom is 0.191 e. The first-order valence-corrected chi connectivity index (χ1v) is 6.01. The summed E-state index contributed by atoms with van der Waals surface area (Å²) in [5.41, 5.74) is 1.97. The molecule has 5 heteroatoms. The normalized spacial score (nSPS) is 12.0. The van der Waals surface area contributed by atoms with Gasteiger partial charge in [0.2, 0.25) is 0 Å². The van der Waals surface area contributed by atoms with Crippen molar-refractivity contribution in [1.29, 1.82) is 0 Å². The summed E-state index contributed by atoms with van der Waals surface area (Å²) >= 11 is 0. The predicted octanol–water partition coefficient (Wildman–Crippen LogP) is 1.75. The van der Waals surface area contributed by atoms with E-state index < -0.39 is 0 Å². The number of hydrogen-bond donors (Lipinski definition) is 2. The van der Waals surface area contributed by atoms with Crippen LogP contribution in [0.25, 0.3) is 0 Å². The van der Waals surface area contributed by atoms with Crippen LogP contribution in [-0.2, 0) is 6.54 Å². The summed E-state index contributed by atoms with van der Waals surface area (Å²) in [6, 6.07) is 0.359. The lowest BCUT2D eigenvalue weighted by Crippen LogP contribution is -2.41. The lowest BCUT2D eigenvalue weighted by molar-refractivity contribution is 0.392. The molecule has 0 bridgehead atoms. The van der Waals surface area contributed by atoms with Gasteiger partial charge in [0.05, 0.1) is 12.2 Å². The largest absolute Gasteiger partial charge is 0.361 e. The molecule has 0 spiro atoms. The fourth-order valence-electron chi connectivity index (χ4n) is 1.48. The Labute approximate surface area is 103 Å². The van der Waals surface area contributed by atoms with Gasteiger partial charge in [-0.05, 0) is 34.6 Å². The molecule has 0 aromatic carbocycles. The molecule has 0 aliphatic carbocycles. The third kappa shape index (κ3) is 4.09. The minimum Gasteiger partial charge on any atom is -0.361 e. The Balaban J connectivity index is 2.71. The first-order chi connectivity index (χ1) is 8.04. The first-order valence-electron chi connectivity index (χ1n) is 6.01. The van der Waals surface area contributed by atoms with E-state index in [1.807, 2.05) is 20.8 Å². The Bertz CT molecular complexity index is 362. The van der Waals surface area contributed by atoms with Crippen molar-refractivity contribution in [2.45, 2.75) is 47.2 Å². The van der Waals surface area contributed by atoms with E-state index in [0.717, 1.165) is 29.5 Å². The third-order valence-corrected chi connectivity index (χ3v) is 2.35. The number of aryl methyl sites for hydroxylation is 2. The van der Waals surface area contributed by atoms with Crippen molar-refractivity contribution < 1.29 is 4.52 Å². The molecule has 0 saturated carbocycles. The van der Waals surface area contributed by atoms with Gasteiger partial charge >= 0.3 is 0 Å². The van der Waals surface area contributed by atoms with E-state index in [1.54, 1.807) is 0 Å². The van der Waals surface area contributed by atoms with Gasteiger partial charge in [-0.25, -0.2) is 4.99 Å². The number of hydrogen-bond acceptors (Lipinski definition) is 3. The molecule has 1 rings (SSSR count). The average molecular weight is 238 g/mol. The van der Waals surface area contributed by atoms with Gasteiger partial charge in [-0.1, -0.05) is 5.16 Å². The standard InChI is InChI=1S/C12H22N4O/c1-6-13-12(15-8(2)3)14-7-11-9(4)16-17-10(11)5/h8H,6-7H2,1-5H3,(H2,13,14,15). The van der Waals surface area contributed by atoms with Crippen LogP contribution >= 0.6 is 0 Å². The quantitative estimate of drug-likeness (QED) is 0.619. The second-order valence-electron chi connectivity index (χ2n) is 4.30. The van der Waals surface area contributed by atoms with Gasteiger partial charge < -0.3 is 15.2 Å². The zero-order chi connectivity index (χ0) is 12.8. The average Bonchev–Trinajstić information content (AvgIpc) is 2.55. The minimum atomic E-state index is 0.359. The van der Waals surface area contributed by atoms with Gasteiger partial charge in [0.25, 0.3) is 0 Å². The van der Waals surface area contributed by atoms with Crippen LogP contribution in [0.15, 0.2) is 9.52 Å². The topological polar surface area (TPSA) is 62.5 Å². The smallest absolute Gasteiger partial charge is 0.191 e. The molecule has 0 fully saturated rings. The maximum absolute atomic E-state index is 5.11. The molecule has 5 nitrogen and oxygen atoms in total. The van der Waals surface area contributed by atoms with Crippen molar-refractivity contribution in [3.05, 3.63) is 17.0 Å². The summed E-state index contributed by atoms with van der Waals surface area (Å²) in [6.07, 6.45) is 0. The highest BCUT2D eigenvalue weighted by Gasteiger charge is 2.08. The number of guanidine groups is 1. The fraction of sp³-hybridized carbons (Fsp3) is 0.667. The summed E-state index contributed by atoms with van der Waals surface area (Å²) in [4.78, 5) is 4.51. The molecular weight excluding hydrogens is 216 g/mol. The van der Waals surface area contributed by atoms with Gasteiger partial charge in [-0.15, -0.1) is 0 Å². The second-order valence-corrected chi connectivity index (χ2v) is 4.30. The number of nitrogens with one attached hydrogen (secondary N) is 2. The van der Waals surface area contributed by atoms with E-state index >= 15 is 0 Å². The molecule has 0 aliphatic heterocycles. The van der Waals surface area contributed by atoms with Crippen molar-refractivity contribution >= 4 is 5.96 Å². The monoisotopic (exact) mass is 238 g/mol. The summed E-state index contributed by atoms with van der Waals surface area (Å²) in [5.74, 6) is 1.66. The Morgan fingerprint density at radius 2 is 2.12 bits per heavy atom. The zero-order valence-electron chi connectivity index (χ0n) is 11.3. The third-order valence-electron chi connectivity index (χ3n) is 2.35. The molecule has 0 aliphatic rings. The van der Waals surface area contributed by atoms with E-state index in [-0.39, 0.29) is 0 Å². The molecule has 0 saturated heterocycles. The van der Waals surface area contributed by atoms with E-state index in [4.69, 9.17) is 4.52 Å². The molecular formula is C12H22N4O. The van der Waals surface area contributed by atoms with Crippen molar-refractivity contribution in [2.75, 3.05) is 6.54 Å². The molecule has 1 heterocycles. The van der Waals surface area contributed by atoms with Crippen LogP contribution in [0.1, 0.15) is 37.8 Å². The minimum absolute atomic E-state index is 0.359. The van der Waals surface area contributed by atoms with Gasteiger partial charge in [0.1, 0.15) is 5.76 Å². The predicted molar refractivity (Wildman–Crippen MR) is 69.1 cm³/mol. The van der Waals surface area contributed by atoms with E-state index in [2.05, 4.69) is 34.6 Å². The molecule has 17 heavy (non-hydrogen) atoms. The van der Waals surface area contributed by atoms with Crippen molar-refractivity contribution in [3.8, 4) is 0 Å². The molecule has 2 N–H and O–H groups in total. The van der Waals surface area contributed by atoms with Gasteiger partial charge in [0, 0.05) is 18.2 Å². The van der Waals surface area contributed by atoms with Crippen LogP contribution in [-0.4, -0.2) is 23.7 Å². The zero-order valence-corrected chi connectivity index (χ0v) is 11.3. The lowest BCUT2D eigenvalue weighted by atomic mass is 10.2. The van der Waals surface area contributed by atoms with Crippen molar-refractivity contribution in [1.82, 2.24) is 15.8 Å². The summed E-state index contributed by atoms with van der Waals surface area (Å²) in [6.45, 7) is 11.5. The van der Waals surface area contributed by atoms with Crippen LogP contribution in [0.5, 0.6) is 0 Å². The molecule has 1 aromatic rings. The summed E-state index contributed by atoms with van der Waals surface area (Å²) in [5, 5.41) is 10.4. The van der Waals surface area contributed by atoms with Crippen LogP contribution in [0.3, 0.4) is 0 Å². The highest BCUT2D eigenvalue weighted by molar-refractivity contribution is 5.80. The maximum atomic E-state index is 5.11. The van der Waals surface area contributed by atoms with Crippen LogP contribution in [0.2, 0.25) is 0 Å². The van der Waals surface area contributed by atoms with Crippen LogP contribution < -0.4 is 10.6 Å². The molecule has 0 amide bonds. The molecule has 0 radical (unpaired) electrons. The SMILES string of the molecule is CCNC(=NCc1c(C)noc1C)NC(C)C. The number of aromatic nitrogens is 1. The van der Waals surface area contributed by atoms with Crippen molar-refractivity contribution in [2.24, 2.45) is 4.99 Å². The second kappa shape index (κ2) is 6.27. The number of aliphatic imine (C=N–C) groups is 1. The lowest BCUT2D eigenvalue weighted by Gasteiger charge is -2.13. The number of nitrogens with zero attached hydrogens (tertiary/aromatic N) is 2. The Kier molecular flexibility index (Phi) is 5.00. The van der Waals surface area contributed by atoms with Gasteiger partial charge in [-0.3, -0.25) is 0 Å². The highest BCUT2D eigenvalue weighted by Crippen LogP contribution is 2.12.